The second-order valence-corrected chi connectivity index (χ2v) is 14.4. The van der Waals surface area contributed by atoms with Crippen molar-refractivity contribution in [1.29, 1.82) is 0 Å². The lowest BCUT2D eigenvalue weighted by molar-refractivity contribution is 0.130. The van der Waals surface area contributed by atoms with Gasteiger partial charge in [0, 0.05) is 30.7 Å². The number of methoxy groups -OCH3 is 2. The van der Waals surface area contributed by atoms with Crippen LogP contribution in [-0.2, 0) is 25.7 Å². The summed E-state index contributed by atoms with van der Waals surface area (Å²) in [6.45, 7) is 17.3. The summed E-state index contributed by atoms with van der Waals surface area (Å²) in [5.74, 6) is 2.10. The molecule has 0 fully saturated rings. The Morgan fingerprint density at radius 1 is 0.680 bits per heavy atom. The first-order chi connectivity index (χ1) is 24.3. The summed E-state index contributed by atoms with van der Waals surface area (Å²) in [6.07, 6.45) is 10.0. The highest BCUT2D eigenvalue weighted by atomic mass is 16.5. The van der Waals surface area contributed by atoms with Crippen LogP contribution in [0.4, 0.5) is 0 Å². The van der Waals surface area contributed by atoms with Crippen molar-refractivity contribution in [3.05, 3.63) is 142 Å². The topological polar surface area (TPSA) is 24.9 Å². The number of ether oxygens (including phenoxy) is 2. The lowest BCUT2D eigenvalue weighted by Crippen LogP contribution is -2.41. The number of fused-ring (bicyclic) bond motifs is 2. The Hall–Kier alpha value is -3.86. The Balaban J connectivity index is 0.000000194. The van der Waals surface area contributed by atoms with Gasteiger partial charge in [-0.3, -0.25) is 9.80 Å². The van der Waals surface area contributed by atoms with Gasteiger partial charge in [0.15, 0.2) is 0 Å². The minimum atomic E-state index is 0.385. The standard InChI is InChI=1S/C23H31NO.C23H29NO/c2*1-5-15-24(18(3)19-11-9-17(2)10-12-19)21-13-14-22-20(16-21)7-6-8-23(22)25-4/h6-12,18,21H,5,13-16H2,1-4H3;5-12,18,21H,1,13-16H2,2-4H3/t2*18-,21+/m11/s1. The van der Waals surface area contributed by atoms with E-state index in [1.165, 1.54) is 57.3 Å². The Morgan fingerprint density at radius 3 is 1.54 bits per heavy atom. The van der Waals surface area contributed by atoms with E-state index in [4.69, 9.17) is 9.47 Å². The third kappa shape index (κ3) is 8.89. The predicted molar refractivity (Wildman–Crippen MR) is 211 cm³/mol. The molecule has 50 heavy (non-hydrogen) atoms. The fourth-order valence-corrected chi connectivity index (χ4v) is 8.25. The maximum atomic E-state index is 5.57. The second kappa shape index (κ2) is 17.9. The van der Waals surface area contributed by atoms with E-state index in [2.05, 4.69) is 136 Å². The molecule has 2 aliphatic carbocycles. The molecule has 0 unspecified atom stereocenters. The molecule has 0 radical (unpaired) electrons. The van der Waals surface area contributed by atoms with Crippen molar-refractivity contribution < 1.29 is 9.47 Å². The van der Waals surface area contributed by atoms with Gasteiger partial charge < -0.3 is 9.47 Å². The Bertz CT molecular complexity index is 1660. The van der Waals surface area contributed by atoms with Gasteiger partial charge in [-0.15, -0.1) is 6.58 Å². The zero-order chi connectivity index (χ0) is 35.6. The monoisotopic (exact) mass is 672 g/mol. The first-order valence-electron chi connectivity index (χ1n) is 18.8. The van der Waals surface area contributed by atoms with Crippen LogP contribution in [0.5, 0.6) is 11.5 Å². The highest BCUT2D eigenvalue weighted by molar-refractivity contribution is 5.43. The molecule has 4 heteroatoms. The summed E-state index contributed by atoms with van der Waals surface area (Å²) in [5, 5.41) is 0. The minimum absolute atomic E-state index is 0.385. The molecule has 0 amide bonds. The second-order valence-electron chi connectivity index (χ2n) is 14.4. The third-order valence-corrected chi connectivity index (χ3v) is 11.1. The van der Waals surface area contributed by atoms with Crippen molar-refractivity contribution in [1.82, 2.24) is 9.80 Å². The van der Waals surface area contributed by atoms with E-state index >= 15 is 0 Å². The summed E-state index contributed by atoms with van der Waals surface area (Å²) in [5.41, 5.74) is 11.2. The van der Waals surface area contributed by atoms with Crippen molar-refractivity contribution in [2.75, 3.05) is 27.3 Å². The normalized spacial score (nSPS) is 17.9. The summed E-state index contributed by atoms with van der Waals surface area (Å²) < 4.78 is 11.1. The van der Waals surface area contributed by atoms with Gasteiger partial charge in [-0.25, -0.2) is 0 Å². The molecule has 266 valence electrons. The van der Waals surface area contributed by atoms with Crippen LogP contribution in [0.25, 0.3) is 0 Å². The molecule has 0 bridgehead atoms. The zero-order valence-electron chi connectivity index (χ0n) is 31.8. The molecule has 4 atom stereocenters. The molecule has 0 spiro atoms. The van der Waals surface area contributed by atoms with Crippen LogP contribution in [0.15, 0.2) is 97.6 Å². The van der Waals surface area contributed by atoms with Gasteiger partial charge in [-0.1, -0.05) is 96.9 Å². The van der Waals surface area contributed by atoms with Gasteiger partial charge in [0.2, 0.25) is 0 Å². The number of aryl methyl sites for hydroxylation is 2. The summed E-state index contributed by atoms with van der Waals surface area (Å²) in [7, 11) is 3.55. The molecular formula is C46H60N2O2. The highest BCUT2D eigenvalue weighted by Gasteiger charge is 2.30. The average molecular weight is 673 g/mol. The van der Waals surface area contributed by atoms with Gasteiger partial charge in [-0.2, -0.15) is 0 Å². The highest BCUT2D eigenvalue weighted by Crippen LogP contribution is 2.36. The molecule has 0 N–H and O–H groups in total. The molecule has 4 aromatic carbocycles. The van der Waals surface area contributed by atoms with Gasteiger partial charge in [0.25, 0.3) is 0 Å². The predicted octanol–water partition coefficient (Wildman–Crippen LogP) is 10.4. The molecule has 4 aromatic rings. The van der Waals surface area contributed by atoms with Gasteiger partial charge >= 0.3 is 0 Å². The minimum Gasteiger partial charge on any atom is -0.496 e. The fraction of sp³-hybridized carbons (Fsp3) is 0.435. The van der Waals surface area contributed by atoms with Crippen molar-refractivity contribution in [2.24, 2.45) is 0 Å². The summed E-state index contributed by atoms with van der Waals surface area (Å²) in [6, 6.07) is 32.9. The van der Waals surface area contributed by atoms with Crippen LogP contribution in [-0.4, -0.2) is 49.2 Å². The number of hydrogen-bond acceptors (Lipinski definition) is 4. The molecule has 0 aromatic heterocycles. The molecule has 0 heterocycles. The third-order valence-electron chi connectivity index (χ3n) is 11.1. The van der Waals surface area contributed by atoms with E-state index in [1.807, 2.05) is 6.08 Å². The molecule has 6 rings (SSSR count). The number of rotatable bonds is 12. The number of benzene rings is 4. The van der Waals surface area contributed by atoms with Gasteiger partial charge in [-0.05, 0) is 125 Å². The molecule has 0 aliphatic heterocycles. The fourth-order valence-electron chi connectivity index (χ4n) is 8.25. The zero-order valence-corrected chi connectivity index (χ0v) is 31.8. The van der Waals surface area contributed by atoms with Gasteiger partial charge in [0.05, 0.1) is 14.2 Å². The average Bonchev–Trinajstić information content (AvgIpc) is 3.15. The maximum absolute atomic E-state index is 5.57. The molecule has 0 saturated carbocycles. The van der Waals surface area contributed by atoms with Gasteiger partial charge in [0.1, 0.15) is 11.5 Å². The van der Waals surface area contributed by atoms with Crippen molar-refractivity contribution in [3.63, 3.8) is 0 Å². The van der Waals surface area contributed by atoms with Crippen molar-refractivity contribution >= 4 is 0 Å². The summed E-state index contributed by atoms with van der Waals surface area (Å²) >= 11 is 0. The lowest BCUT2D eigenvalue weighted by Gasteiger charge is -2.39. The van der Waals surface area contributed by atoms with Crippen LogP contribution in [0.2, 0.25) is 0 Å². The smallest absolute Gasteiger partial charge is 0.122 e. The largest absolute Gasteiger partial charge is 0.496 e. The number of hydrogen-bond donors (Lipinski definition) is 0. The van der Waals surface area contributed by atoms with Crippen LogP contribution in [0.1, 0.15) is 96.6 Å². The molecular weight excluding hydrogens is 613 g/mol. The Morgan fingerprint density at radius 2 is 1.12 bits per heavy atom. The maximum Gasteiger partial charge on any atom is 0.122 e. The first kappa shape index (κ1) is 37.4. The van der Waals surface area contributed by atoms with Crippen LogP contribution < -0.4 is 9.47 Å². The van der Waals surface area contributed by atoms with E-state index in [0.29, 0.717) is 24.2 Å². The molecule has 0 saturated heterocycles. The number of nitrogens with zero attached hydrogens (tertiary/aromatic N) is 2. The van der Waals surface area contributed by atoms with Crippen molar-refractivity contribution in [3.8, 4) is 11.5 Å². The van der Waals surface area contributed by atoms with Crippen LogP contribution >= 0.6 is 0 Å². The Kier molecular flexibility index (Phi) is 13.4. The Labute approximate surface area is 303 Å². The first-order valence-corrected chi connectivity index (χ1v) is 18.8. The van der Waals surface area contributed by atoms with E-state index < -0.39 is 0 Å². The van der Waals surface area contributed by atoms with E-state index in [-0.39, 0.29) is 0 Å². The molecule has 4 nitrogen and oxygen atoms in total. The van der Waals surface area contributed by atoms with Crippen molar-refractivity contribution in [2.45, 2.75) is 104 Å². The SMILES string of the molecule is C=CCN([C@H]1CCc2c(cccc2OC)C1)[C@H](C)c1ccc(C)cc1.CCCN([C@H]1CCc2c(cccc2OC)C1)[C@H](C)c1ccc(C)cc1. The van der Waals surface area contributed by atoms with E-state index in [9.17, 15) is 0 Å². The van der Waals surface area contributed by atoms with E-state index in [1.54, 1.807) is 14.2 Å². The van der Waals surface area contributed by atoms with E-state index in [0.717, 1.165) is 56.7 Å². The van der Waals surface area contributed by atoms with Crippen LogP contribution in [0.3, 0.4) is 0 Å². The lowest BCUT2D eigenvalue weighted by atomic mass is 9.85. The van der Waals surface area contributed by atoms with Crippen LogP contribution in [0, 0.1) is 13.8 Å². The summed E-state index contributed by atoms with van der Waals surface area (Å²) in [4.78, 5) is 5.31. The quantitative estimate of drug-likeness (QED) is 0.140. The molecule has 2 aliphatic rings.